The van der Waals surface area contributed by atoms with Crippen molar-refractivity contribution in [1.82, 2.24) is 0 Å². The maximum Gasteiger partial charge on any atom is 0.306 e. The smallest absolute Gasteiger partial charge is 0.306 e. The Morgan fingerprint density at radius 1 is 0.935 bits per heavy atom. The molecule has 6 rings (SSSR count). The Morgan fingerprint density at radius 3 is 2.24 bits per heavy atom. The van der Waals surface area contributed by atoms with Crippen LogP contribution in [-0.2, 0) is 19.0 Å². The van der Waals surface area contributed by atoms with E-state index in [0.717, 1.165) is 12.8 Å². The third-order valence-electron chi connectivity index (χ3n) is 14.8. The molecule has 4 aliphatic carbocycles. The topological polar surface area (TPSA) is 166 Å². The summed E-state index contributed by atoms with van der Waals surface area (Å²) in [7, 11) is 0. The molecule has 262 valence electrons. The second-order valence-electron chi connectivity index (χ2n) is 17.7. The fraction of sp³-hybridized carbons (Fsp3) is 0.917. The van der Waals surface area contributed by atoms with Gasteiger partial charge < -0.3 is 44.8 Å². The van der Waals surface area contributed by atoms with Crippen molar-refractivity contribution in [3.63, 3.8) is 0 Å². The minimum atomic E-state index is -1.56. The first-order valence-corrected chi connectivity index (χ1v) is 17.5. The Morgan fingerprint density at radius 2 is 1.61 bits per heavy atom. The van der Waals surface area contributed by atoms with Gasteiger partial charge in [-0.1, -0.05) is 67.0 Å². The van der Waals surface area contributed by atoms with Gasteiger partial charge in [0.05, 0.1) is 24.9 Å². The van der Waals surface area contributed by atoms with Crippen LogP contribution in [0.15, 0.2) is 11.6 Å². The van der Waals surface area contributed by atoms with E-state index in [1.165, 1.54) is 5.57 Å². The van der Waals surface area contributed by atoms with Crippen LogP contribution in [0.4, 0.5) is 0 Å². The van der Waals surface area contributed by atoms with Gasteiger partial charge in [0.15, 0.2) is 6.29 Å². The molecule has 0 spiro atoms. The highest BCUT2D eigenvalue weighted by molar-refractivity contribution is 5.71. The van der Waals surface area contributed by atoms with E-state index in [2.05, 4.69) is 61.5 Å². The molecular formula is C36H58O10. The summed E-state index contributed by atoms with van der Waals surface area (Å²) in [4.78, 5) is 13.1. The fourth-order valence-electron chi connectivity index (χ4n) is 12.2. The molecule has 0 aromatic rings. The summed E-state index contributed by atoms with van der Waals surface area (Å²) in [6.45, 7) is 16.8. The van der Waals surface area contributed by atoms with Crippen LogP contribution in [0.1, 0.15) is 93.9 Å². The number of rotatable bonds is 4. The molecule has 2 heterocycles. The van der Waals surface area contributed by atoms with Gasteiger partial charge in [0, 0.05) is 17.3 Å². The van der Waals surface area contributed by atoms with Gasteiger partial charge in [-0.25, -0.2) is 0 Å². The first kappa shape index (κ1) is 34.7. The summed E-state index contributed by atoms with van der Waals surface area (Å²) in [5, 5.41) is 64.8. The van der Waals surface area contributed by atoms with Crippen LogP contribution in [0.25, 0.3) is 0 Å². The molecule has 0 bridgehead atoms. The Kier molecular flexibility index (Phi) is 8.46. The lowest BCUT2D eigenvalue weighted by atomic mass is 9.35. The Hall–Kier alpha value is -1.11. The zero-order valence-corrected chi connectivity index (χ0v) is 28.8. The Bertz CT molecular complexity index is 1230. The standard InChI is InChI=1S/C36H58O10/c1-17(2)20-13-25(40)45-31-34(6)12-11-18-19(35(34,7)15-24(39)36(20,31)8)9-10-23-32(3,4)29(21(38)14-33(18,23)5)46-30-28(43)27(42)26(41)22(16-37)44-30/h11,17,19-24,26-31,37-39,41-43H,9-10,12-16H2,1-8H3. The average molecular weight is 651 g/mol. The zero-order chi connectivity index (χ0) is 33.9. The number of hydrogen-bond acceptors (Lipinski definition) is 10. The molecule has 0 aromatic heterocycles. The van der Waals surface area contributed by atoms with Crippen molar-refractivity contribution in [2.45, 2.75) is 149 Å². The van der Waals surface area contributed by atoms with Crippen LogP contribution in [0.5, 0.6) is 0 Å². The number of allylic oxidation sites excluding steroid dienone is 2. The summed E-state index contributed by atoms with van der Waals surface area (Å²) in [6.07, 6.45) is -3.51. The van der Waals surface area contributed by atoms with Gasteiger partial charge in [-0.05, 0) is 72.0 Å². The van der Waals surface area contributed by atoms with Crippen LogP contribution in [0.2, 0.25) is 0 Å². The summed E-state index contributed by atoms with van der Waals surface area (Å²) >= 11 is 0. The summed E-state index contributed by atoms with van der Waals surface area (Å²) in [6, 6.07) is 0. The lowest BCUT2D eigenvalue weighted by Gasteiger charge is -2.71. The highest BCUT2D eigenvalue weighted by Gasteiger charge is 2.72. The number of hydrogen-bond donors (Lipinski definition) is 6. The van der Waals surface area contributed by atoms with Crippen molar-refractivity contribution in [2.24, 2.45) is 50.7 Å². The van der Waals surface area contributed by atoms with Gasteiger partial charge in [-0.3, -0.25) is 4.79 Å². The molecule has 5 fully saturated rings. The molecule has 2 saturated heterocycles. The Balaban J connectivity index is 1.32. The van der Waals surface area contributed by atoms with Crippen molar-refractivity contribution in [3.05, 3.63) is 11.6 Å². The molecule has 10 nitrogen and oxygen atoms in total. The molecule has 0 radical (unpaired) electrons. The molecule has 46 heavy (non-hydrogen) atoms. The van der Waals surface area contributed by atoms with Gasteiger partial charge in [-0.2, -0.15) is 0 Å². The zero-order valence-electron chi connectivity index (χ0n) is 28.8. The second-order valence-corrected chi connectivity index (χ2v) is 17.7. The van der Waals surface area contributed by atoms with E-state index in [-0.39, 0.29) is 45.9 Å². The summed E-state index contributed by atoms with van der Waals surface area (Å²) in [5.41, 5.74) is -0.902. The van der Waals surface area contributed by atoms with Crippen LogP contribution in [0.3, 0.4) is 0 Å². The fourth-order valence-corrected chi connectivity index (χ4v) is 12.2. The highest BCUT2D eigenvalue weighted by atomic mass is 16.7. The third kappa shape index (κ3) is 4.53. The maximum atomic E-state index is 13.1. The summed E-state index contributed by atoms with van der Waals surface area (Å²) < 4.78 is 18.3. The van der Waals surface area contributed by atoms with Gasteiger partial charge in [-0.15, -0.1) is 0 Å². The van der Waals surface area contributed by atoms with Crippen LogP contribution in [-0.4, -0.2) is 98.3 Å². The number of aliphatic hydroxyl groups is 6. The van der Waals surface area contributed by atoms with E-state index in [4.69, 9.17) is 14.2 Å². The number of ether oxygens (including phenoxy) is 3. The van der Waals surface area contributed by atoms with Gasteiger partial charge in [0.25, 0.3) is 0 Å². The minimum Gasteiger partial charge on any atom is -0.461 e. The lowest BCUT2D eigenvalue weighted by molar-refractivity contribution is -0.336. The number of carbonyl (C=O) groups is 1. The number of carbonyl (C=O) groups excluding carboxylic acids is 1. The van der Waals surface area contributed by atoms with E-state index in [9.17, 15) is 35.4 Å². The van der Waals surface area contributed by atoms with Crippen LogP contribution >= 0.6 is 0 Å². The molecule has 3 saturated carbocycles. The van der Waals surface area contributed by atoms with Gasteiger partial charge in [0.1, 0.15) is 30.5 Å². The third-order valence-corrected chi connectivity index (χ3v) is 14.8. The first-order valence-electron chi connectivity index (χ1n) is 17.5. The van der Waals surface area contributed by atoms with E-state index in [1.807, 2.05) is 0 Å². The van der Waals surface area contributed by atoms with E-state index >= 15 is 0 Å². The second kappa shape index (κ2) is 11.2. The minimum absolute atomic E-state index is 0.0312. The van der Waals surface area contributed by atoms with Crippen molar-refractivity contribution in [2.75, 3.05) is 6.61 Å². The molecular weight excluding hydrogens is 592 g/mol. The Labute approximate surface area is 273 Å². The van der Waals surface area contributed by atoms with E-state index in [1.54, 1.807) is 0 Å². The van der Waals surface area contributed by atoms with Crippen LogP contribution < -0.4 is 0 Å². The molecule has 16 unspecified atom stereocenters. The van der Waals surface area contributed by atoms with E-state index in [0.29, 0.717) is 25.7 Å². The number of fused-ring (bicyclic) bond motifs is 7. The molecule has 0 aromatic carbocycles. The molecule has 0 amide bonds. The van der Waals surface area contributed by atoms with Crippen LogP contribution in [0, 0.1) is 50.7 Å². The number of aliphatic hydroxyl groups excluding tert-OH is 6. The highest BCUT2D eigenvalue weighted by Crippen LogP contribution is 2.73. The molecule has 2 aliphatic heterocycles. The molecule has 6 N–H and O–H groups in total. The van der Waals surface area contributed by atoms with Crippen molar-refractivity contribution >= 4 is 5.97 Å². The normalized spacial score (nSPS) is 54.9. The largest absolute Gasteiger partial charge is 0.461 e. The van der Waals surface area contributed by atoms with Gasteiger partial charge >= 0.3 is 5.97 Å². The molecule has 16 atom stereocenters. The van der Waals surface area contributed by atoms with Crippen molar-refractivity contribution in [1.29, 1.82) is 0 Å². The molecule has 6 aliphatic rings. The predicted molar refractivity (Wildman–Crippen MR) is 168 cm³/mol. The maximum absolute atomic E-state index is 13.1. The van der Waals surface area contributed by atoms with E-state index < -0.39 is 72.6 Å². The average Bonchev–Trinajstić information content (AvgIpc) is 2.97. The number of esters is 1. The molecule has 10 heteroatoms. The van der Waals surface area contributed by atoms with Crippen molar-refractivity contribution in [3.8, 4) is 0 Å². The quantitative estimate of drug-likeness (QED) is 0.151. The van der Waals surface area contributed by atoms with Crippen molar-refractivity contribution < 1.29 is 49.6 Å². The SMILES string of the molecule is CC(C)C1CC(=O)OC2C1(C)C(O)CC1(C)C3CCC4C(C)(CC(O)C(OC5OC(CO)C(O)C(O)C5O)C4(C)C)C3=CCC21C. The predicted octanol–water partition coefficient (Wildman–Crippen LogP) is 2.70. The summed E-state index contributed by atoms with van der Waals surface area (Å²) in [5.74, 6) is 0.327. The first-order chi connectivity index (χ1) is 21.3. The monoisotopic (exact) mass is 650 g/mol. The van der Waals surface area contributed by atoms with Gasteiger partial charge in [0.2, 0.25) is 0 Å². The lowest BCUT2D eigenvalue weighted by Crippen LogP contribution is -2.72.